The average molecular weight is 514 g/mol. The van der Waals surface area contributed by atoms with E-state index >= 15 is 0 Å². The van der Waals surface area contributed by atoms with Gasteiger partial charge >= 0.3 is 0 Å². The van der Waals surface area contributed by atoms with Gasteiger partial charge in [0.25, 0.3) is 5.92 Å². The average Bonchev–Trinajstić information content (AvgIpc) is 3.44. The summed E-state index contributed by atoms with van der Waals surface area (Å²) >= 11 is 0. The van der Waals surface area contributed by atoms with Gasteiger partial charge in [0.2, 0.25) is 11.9 Å². The van der Waals surface area contributed by atoms with Crippen LogP contribution >= 0.6 is 0 Å². The van der Waals surface area contributed by atoms with E-state index in [1.165, 1.54) is 12.8 Å². The van der Waals surface area contributed by atoms with Gasteiger partial charge in [0.05, 0.1) is 12.0 Å². The summed E-state index contributed by atoms with van der Waals surface area (Å²) in [6.07, 6.45) is 8.10. The van der Waals surface area contributed by atoms with E-state index in [0.29, 0.717) is 12.5 Å². The van der Waals surface area contributed by atoms with Crippen LogP contribution in [0.2, 0.25) is 0 Å². The van der Waals surface area contributed by atoms with Crippen LogP contribution in [0.5, 0.6) is 0 Å². The molecule has 2 aromatic heterocycles. The second kappa shape index (κ2) is 10.8. The Morgan fingerprint density at radius 3 is 2.49 bits per heavy atom. The van der Waals surface area contributed by atoms with E-state index < -0.39 is 5.92 Å². The van der Waals surface area contributed by atoms with Gasteiger partial charge in [-0.1, -0.05) is 6.07 Å². The molecule has 0 radical (unpaired) electrons. The van der Waals surface area contributed by atoms with Gasteiger partial charge in [0.1, 0.15) is 5.82 Å². The summed E-state index contributed by atoms with van der Waals surface area (Å²) in [5, 5.41) is 3.14. The summed E-state index contributed by atoms with van der Waals surface area (Å²) < 4.78 is 27.7. The fourth-order valence-corrected chi connectivity index (χ4v) is 5.72. The van der Waals surface area contributed by atoms with Crippen molar-refractivity contribution in [1.82, 2.24) is 25.2 Å². The van der Waals surface area contributed by atoms with Crippen molar-refractivity contribution in [3.63, 3.8) is 0 Å². The van der Waals surface area contributed by atoms with Gasteiger partial charge in [-0.3, -0.25) is 9.69 Å². The van der Waals surface area contributed by atoms with Crippen molar-refractivity contribution in [3.8, 4) is 0 Å². The number of hydrogen-bond acceptors (Lipinski definition) is 7. The molecule has 2 fully saturated rings. The summed E-state index contributed by atoms with van der Waals surface area (Å²) in [6.45, 7) is 2.93. The molecule has 2 unspecified atom stereocenters. The molecule has 0 saturated carbocycles. The highest BCUT2D eigenvalue weighted by Crippen LogP contribution is 2.34. The number of carbonyl (C=O) groups is 1. The molecule has 37 heavy (non-hydrogen) atoms. The normalized spacial score (nSPS) is 22.4. The molecule has 2 atom stereocenters. The first kappa shape index (κ1) is 25.8. The van der Waals surface area contributed by atoms with Crippen LogP contribution in [-0.2, 0) is 11.2 Å². The van der Waals surface area contributed by atoms with Crippen molar-refractivity contribution in [1.29, 1.82) is 0 Å². The maximum Gasteiger partial charge on any atom is 0.250 e. The summed E-state index contributed by atoms with van der Waals surface area (Å²) in [4.78, 5) is 33.4. The molecule has 2 aliphatic heterocycles. The third kappa shape index (κ3) is 5.84. The highest BCUT2D eigenvalue weighted by atomic mass is 19.3. The summed E-state index contributed by atoms with van der Waals surface area (Å²) in [6, 6.07) is 3.86. The molecule has 200 valence electrons. The van der Waals surface area contributed by atoms with E-state index in [2.05, 4.69) is 32.3 Å². The number of nitrogens with zero attached hydrogens (tertiary/aromatic N) is 6. The van der Waals surface area contributed by atoms with Gasteiger partial charge < -0.3 is 15.1 Å². The Morgan fingerprint density at radius 2 is 1.81 bits per heavy atom. The highest BCUT2D eigenvalue weighted by Gasteiger charge is 2.37. The van der Waals surface area contributed by atoms with E-state index in [9.17, 15) is 13.6 Å². The molecule has 1 amide bonds. The topological polar surface area (TPSA) is 77.5 Å². The number of aryl methyl sites for hydroxylation is 1. The van der Waals surface area contributed by atoms with E-state index in [4.69, 9.17) is 4.98 Å². The highest BCUT2D eigenvalue weighted by molar-refractivity contribution is 5.84. The van der Waals surface area contributed by atoms with Crippen molar-refractivity contribution < 1.29 is 13.6 Å². The Labute approximate surface area is 217 Å². The zero-order valence-electron chi connectivity index (χ0n) is 21.8. The van der Waals surface area contributed by atoms with E-state index in [0.717, 1.165) is 55.0 Å². The van der Waals surface area contributed by atoms with Crippen LogP contribution in [0.3, 0.4) is 0 Å². The first-order chi connectivity index (χ1) is 17.8. The number of anilines is 2. The van der Waals surface area contributed by atoms with Gasteiger partial charge in [-0.15, -0.1) is 0 Å². The largest absolute Gasteiger partial charge is 0.357 e. The monoisotopic (exact) mass is 513 g/mol. The molecule has 1 N–H and O–H groups in total. The van der Waals surface area contributed by atoms with Gasteiger partial charge in [0, 0.05) is 83.3 Å². The standard InChI is InChI=1S/C27H37F2N7O/c1-34(2)26-31-16-19(17-32-26)23(35-14-10-27(28,29)11-15-35)18-30-25(37)21-6-5-7-22-20(21)8-9-24(33-22)36-12-3-4-13-36/h8-9,16-17,21,23H,3-7,10-15,18H2,1-2H3,(H,30,37). The number of pyridine rings is 1. The number of likely N-dealkylation sites (tertiary alicyclic amines) is 1. The SMILES string of the molecule is CN(C)c1ncc(C(CNC(=O)C2CCCc3nc(N4CCCC4)ccc32)N2CCC(F)(F)CC2)cn1. The smallest absolute Gasteiger partial charge is 0.250 e. The minimum absolute atomic E-state index is 0.0326. The number of nitrogens with one attached hydrogen (secondary N) is 1. The Bertz CT molecular complexity index is 1080. The number of fused-ring (bicyclic) bond motifs is 1. The van der Waals surface area contributed by atoms with Crippen LogP contribution in [0, 0.1) is 0 Å². The number of halogens is 2. The fourth-order valence-electron chi connectivity index (χ4n) is 5.72. The summed E-state index contributed by atoms with van der Waals surface area (Å²) in [5.74, 6) is -1.32. The van der Waals surface area contributed by atoms with E-state index in [1.54, 1.807) is 12.4 Å². The van der Waals surface area contributed by atoms with Crippen LogP contribution < -0.4 is 15.1 Å². The molecule has 1 aliphatic carbocycles. The lowest BCUT2D eigenvalue weighted by Crippen LogP contribution is -2.45. The maximum atomic E-state index is 13.9. The van der Waals surface area contributed by atoms with E-state index in [-0.39, 0.29) is 43.8 Å². The number of aromatic nitrogens is 3. The van der Waals surface area contributed by atoms with Gasteiger partial charge in [-0.25, -0.2) is 23.7 Å². The molecule has 0 bridgehead atoms. The molecular weight excluding hydrogens is 476 g/mol. The first-order valence-electron chi connectivity index (χ1n) is 13.4. The van der Waals surface area contributed by atoms with Crippen molar-refractivity contribution in [2.75, 3.05) is 56.6 Å². The zero-order chi connectivity index (χ0) is 26.0. The molecule has 4 heterocycles. The zero-order valence-corrected chi connectivity index (χ0v) is 21.8. The van der Waals surface area contributed by atoms with Crippen LogP contribution in [0.4, 0.5) is 20.5 Å². The van der Waals surface area contributed by atoms with E-state index in [1.807, 2.05) is 23.9 Å². The number of hydrogen-bond donors (Lipinski definition) is 1. The fraction of sp³-hybridized carbons (Fsp3) is 0.630. The number of alkyl halides is 2. The third-order valence-corrected chi connectivity index (χ3v) is 7.91. The predicted molar refractivity (Wildman–Crippen MR) is 139 cm³/mol. The summed E-state index contributed by atoms with van der Waals surface area (Å²) in [7, 11) is 3.73. The van der Waals surface area contributed by atoms with Crippen molar-refractivity contribution in [3.05, 3.63) is 41.3 Å². The molecule has 10 heteroatoms. The molecule has 0 spiro atoms. The van der Waals surface area contributed by atoms with Gasteiger partial charge in [-0.2, -0.15) is 0 Å². The lowest BCUT2D eigenvalue weighted by molar-refractivity contribution is -0.123. The second-order valence-electron chi connectivity index (χ2n) is 10.7. The van der Waals surface area contributed by atoms with Crippen molar-refractivity contribution in [2.45, 2.75) is 62.8 Å². The third-order valence-electron chi connectivity index (χ3n) is 7.91. The van der Waals surface area contributed by atoms with Crippen LogP contribution in [0.1, 0.15) is 67.3 Å². The first-order valence-corrected chi connectivity index (χ1v) is 13.4. The Morgan fingerprint density at radius 1 is 1.11 bits per heavy atom. The minimum Gasteiger partial charge on any atom is -0.357 e. The Hall–Kier alpha value is -2.88. The van der Waals surface area contributed by atoms with Gasteiger partial charge in [-0.05, 0) is 43.7 Å². The molecule has 2 saturated heterocycles. The lowest BCUT2D eigenvalue weighted by Gasteiger charge is -2.37. The molecular formula is C27H37F2N7O. The van der Waals surface area contributed by atoms with Crippen LogP contribution in [0.15, 0.2) is 24.5 Å². The molecule has 0 aromatic carbocycles. The Balaban J connectivity index is 1.30. The molecule has 2 aromatic rings. The quantitative estimate of drug-likeness (QED) is 0.607. The lowest BCUT2D eigenvalue weighted by atomic mass is 9.85. The van der Waals surface area contributed by atoms with Crippen molar-refractivity contribution in [2.24, 2.45) is 0 Å². The van der Waals surface area contributed by atoms with Gasteiger partial charge in [0.15, 0.2) is 0 Å². The predicted octanol–water partition coefficient (Wildman–Crippen LogP) is 3.55. The molecule has 3 aliphatic rings. The number of rotatable bonds is 7. The number of piperidine rings is 1. The maximum absolute atomic E-state index is 13.9. The minimum atomic E-state index is -2.64. The summed E-state index contributed by atoms with van der Waals surface area (Å²) in [5.41, 5.74) is 2.86. The van der Waals surface area contributed by atoms with Crippen LogP contribution in [0.25, 0.3) is 0 Å². The van der Waals surface area contributed by atoms with Crippen molar-refractivity contribution >= 4 is 17.7 Å². The van der Waals surface area contributed by atoms with Crippen LogP contribution in [-0.4, -0.2) is 78.5 Å². The number of amides is 1. The number of carbonyl (C=O) groups excluding carboxylic acids is 1. The second-order valence-corrected chi connectivity index (χ2v) is 10.7. The Kier molecular flexibility index (Phi) is 7.55. The molecule has 8 nitrogen and oxygen atoms in total. The molecule has 5 rings (SSSR count).